The highest BCUT2D eigenvalue weighted by atomic mass is 32.2. The molecule has 124 valence electrons. The second-order valence-corrected chi connectivity index (χ2v) is 6.42. The molecule has 0 aliphatic heterocycles. The van der Waals surface area contributed by atoms with Crippen molar-refractivity contribution in [3.8, 4) is 11.5 Å². The van der Waals surface area contributed by atoms with Crippen LogP contribution in [0.15, 0.2) is 17.3 Å². The topological polar surface area (TPSA) is 48.5 Å². The number of thioether (sulfide) groups is 1. The van der Waals surface area contributed by atoms with Gasteiger partial charge in [0.25, 0.3) is 0 Å². The number of aryl methyl sites for hydroxylation is 1. The third-order valence-electron chi connectivity index (χ3n) is 3.63. The highest BCUT2D eigenvalue weighted by Gasteiger charge is 2.33. The number of hydrogen-bond acceptors (Lipinski definition) is 4. The summed E-state index contributed by atoms with van der Waals surface area (Å²) in [7, 11) is 9.38. The lowest BCUT2D eigenvalue weighted by Crippen LogP contribution is -2.16. The van der Waals surface area contributed by atoms with E-state index in [9.17, 15) is 13.2 Å². The molecule has 0 aromatic carbocycles. The molecule has 0 bridgehead atoms. The van der Waals surface area contributed by atoms with Crippen molar-refractivity contribution in [2.75, 3.05) is 5.75 Å². The maximum absolute atomic E-state index is 12.8. The fraction of sp³-hybridized carbons (Fsp3) is 0.357. The normalized spacial score (nSPS) is 12.2. The Morgan fingerprint density at radius 3 is 2.54 bits per heavy atom. The fourth-order valence-corrected chi connectivity index (χ4v) is 3.24. The lowest BCUT2D eigenvalue weighted by atomic mass is 10.1. The highest BCUT2D eigenvalue weighted by Crippen LogP contribution is 2.33. The van der Waals surface area contributed by atoms with Crippen LogP contribution in [-0.2, 0) is 20.3 Å². The Hall–Kier alpha value is -1.97. The van der Waals surface area contributed by atoms with Gasteiger partial charge in [-0.05, 0) is 11.8 Å². The molecule has 3 aromatic rings. The number of rotatable bonds is 3. The Bertz CT molecular complexity index is 915. The number of halogens is 3. The summed E-state index contributed by atoms with van der Waals surface area (Å²) in [5, 5.41) is 0.817. The molecule has 0 aliphatic rings. The zero-order valence-electron chi connectivity index (χ0n) is 13.2. The van der Waals surface area contributed by atoms with E-state index in [-0.39, 0.29) is 5.52 Å². The molecule has 2 radical (unpaired) electrons. The van der Waals surface area contributed by atoms with E-state index in [0.717, 1.165) is 16.8 Å². The van der Waals surface area contributed by atoms with E-state index in [1.54, 1.807) is 35.0 Å². The average Bonchev–Trinajstić information content (AvgIpc) is 2.98. The van der Waals surface area contributed by atoms with Gasteiger partial charge in [-0.1, -0.05) is 6.92 Å². The van der Waals surface area contributed by atoms with Crippen LogP contribution in [0.4, 0.5) is 13.2 Å². The molecule has 0 unspecified atom stereocenters. The second-order valence-electron chi connectivity index (χ2n) is 5.17. The molecule has 0 fully saturated rings. The lowest BCUT2D eigenvalue weighted by molar-refractivity contribution is -0.141. The molecule has 3 heterocycles. The Kier molecular flexibility index (Phi) is 4.10. The first-order valence-corrected chi connectivity index (χ1v) is 8.07. The van der Waals surface area contributed by atoms with Crippen molar-refractivity contribution < 1.29 is 13.2 Å². The summed E-state index contributed by atoms with van der Waals surface area (Å²) in [6.07, 6.45) is -3.34. The van der Waals surface area contributed by atoms with Crippen LogP contribution in [0, 0.1) is 0 Å². The van der Waals surface area contributed by atoms with E-state index in [1.807, 2.05) is 6.92 Å². The van der Waals surface area contributed by atoms with Crippen LogP contribution in [0.1, 0.15) is 12.6 Å². The summed E-state index contributed by atoms with van der Waals surface area (Å²) in [5.74, 6) is 1.25. The zero-order valence-corrected chi connectivity index (χ0v) is 14.0. The summed E-state index contributed by atoms with van der Waals surface area (Å²) in [6, 6.07) is 0.942. The predicted octanol–water partition coefficient (Wildman–Crippen LogP) is 2.29. The van der Waals surface area contributed by atoms with Crippen LogP contribution in [0.5, 0.6) is 0 Å². The SMILES string of the molecule is [B]c1nc(-c2nc3cc(C(F)(F)F)ncc3n2C)c(SCC)n1C. The highest BCUT2D eigenvalue weighted by molar-refractivity contribution is 7.99. The lowest BCUT2D eigenvalue weighted by Gasteiger charge is -2.05. The van der Waals surface area contributed by atoms with E-state index in [2.05, 4.69) is 15.0 Å². The van der Waals surface area contributed by atoms with Gasteiger partial charge in [-0.25, -0.2) is 15.0 Å². The first-order valence-electron chi connectivity index (χ1n) is 7.09. The Balaban J connectivity index is 2.21. The fourth-order valence-electron chi connectivity index (χ4n) is 2.40. The number of pyridine rings is 1. The van der Waals surface area contributed by atoms with Crippen LogP contribution >= 0.6 is 11.8 Å². The van der Waals surface area contributed by atoms with Gasteiger partial charge in [-0.3, -0.25) is 0 Å². The third kappa shape index (κ3) is 2.68. The molecule has 0 spiro atoms. The van der Waals surface area contributed by atoms with Crippen molar-refractivity contribution in [3.63, 3.8) is 0 Å². The minimum absolute atomic E-state index is 0.214. The number of imidazole rings is 2. The number of hydrogen-bond donors (Lipinski definition) is 0. The van der Waals surface area contributed by atoms with Crippen molar-refractivity contribution in [1.29, 1.82) is 0 Å². The maximum atomic E-state index is 12.8. The van der Waals surface area contributed by atoms with Crippen LogP contribution in [0.3, 0.4) is 0 Å². The van der Waals surface area contributed by atoms with Crippen molar-refractivity contribution >= 4 is 36.4 Å². The largest absolute Gasteiger partial charge is 0.433 e. The number of aromatic nitrogens is 5. The van der Waals surface area contributed by atoms with Crippen molar-refractivity contribution in [3.05, 3.63) is 18.0 Å². The molecule has 0 amide bonds. The van der Waals surface area contributed by atoms with Crippen molar-refractivity contribution in [2.45, 2.75) is 18.1 Å². The van der Waals surface area contributed by atoms with E-state index < -0.39 is 11.9 Å². The third-order valence-corrected chi connectivity index (χ3v) is 4.66. The molecule has 3 aromatic heterocycles. The first kappa shape index (κ1) is 16.9. The monoisotopic (exact) mass is 351 g/mol. The molecule has 24 heavy (non-hydrogen) atoms. The van der Waals surface area contributed by atoms with Crippen LogP contribution in [0.2, 0.25) is 0 Å². The molecule has 0 atom stereocenters. The molecular weight excluding hydrogens is 338 g/mol. The molecule has 0 saturated carbocycles. The average molecular weight is 351 g/mol. The van der Waals surface area contributed by atoms with Gasteiger partial charge in [-0.15, -0.1) is 11.8 Å². The molecule has 10 heteroatoms. The summed E-state index contributed by atoms with van der Waals surface area (Å²) in [5.41, 5.74) is 0.612. The zero-order chi connectivity index (χ0) is 17.6. The van der Waals surface area contributed by atoms with Gasteiger partial charge in [-0.2, -0.15) is 13.2 Å². The van der Waals surface area contributed by atoms with E-state index in [4.69, 9.17) is 7.85 Å². The smallest absolute Gasteiger partial charge is 0.335 e. The Labute approximate surface area is 141 Å². The van der Waals surface area contributed by atoms with E-state index in [1.165, 1.54) is 6.20 Å². The molecule has 0 N–H and O–H groups in total. The maximum Gasteiger partial charge on any atom is 0.433 e. The Morgan fingerprint density at radius 2 is 1.92 bits per heavy atom. The molecule has 0 aliphatic carbocycles. The van der Waals surface area contributed by atoms with E-state index in [0.29, 0.717) is 22.8 Å². The second kappa shape index (κ2) is 5.84. The van der Waals surface area contributed by atoms with Gasteiger partial charge in [0.05, 0.1) is 23.0 Å². The van der Waals surface area contributed by atoms with Crippen LogP contribution < -0.4 is 5.72 Å². The van der Waals surface area contributed by atoms with Gasteiger partial charge in [0.1, 0.15) is 16.4 Å². The first-order chi connectivity index (χ1) is 11.2. The van der Waals surface area contributed by atoms with Gasteiger partial charge in [0.15, 0.2) is 13.7 Å². The standard InChI is InChI=1S/C14H13BF3N5S/c1-4-24-12-10(21-13(15)23(12)3)11-20-7-5-9(14(16,17)18)19-6-8(7)22(11)2/h5-6H,4H2,1-3H3. The molecular formula is C14H13BF3N5S. The number of fused-ring (bicyclic) bond motifs is 1. The number of nitrogens with zero attached hydrogens (tertiary/aromatic N) is 5. The molecule has 5 nitrogen and oxygen atoms in total. The van der Waals surface area contributed by atoms with Crippen LogP contribution in [0.25, 0.3) is 22.6 Å². The quantitative estimate of drug-likeness (QED) is 0.537. The minimum Gasteiger partial charge on any atom is -0.335 e. The van der Waals surface area contributed by atoms with Gasteiger partial charge < -0.3 is 9.13 Å². The minimum atomic E-state index is -4.51. The summed E-state index contributed by atoms with van der Waals surface area (Å²) < 4.78 is 41.9. The van der Waals surface area contributed by atoms with Crippen LogP contribution in [-0.4, -0.2) is 37.7 Å². The van der Waals surface area contributed by atoms with Gasteiger partial charge in [0.2, 0.25) is 0 Å². The predicted molar refractivity (Wildman–Crippen MR) is 87.5 cm³/mol. The van der Waals surface area contributed by atoms with E-state index >= 15 is 0 Å². The molecule has 0 saturated heterocycles. The number of alkyl halides is 3. The molecule has 3 rings (SSSR count). The summed E-state index contributed by atoms with van der Waals surface area (Å²) >= 11 is 1.54. The van der Waals surface area contributed by atoms with Gasteiger partial charge >= 0.3 is 6.18 Å². The van der Waals surface area contributed by atoms with Crippen molar-refractivity contribution in [2.24, 2.45) is 14.1 Å². The van der Waals surface area contributed by atoms with Gasteiger partial charge in [0, 0.05) is 14.1 Å². The Morgan fingerprint density at radius 1 is 1.21 bits per heavy atom. The van der Waals surface area contributed by atoms with Crippen molar-refractivity contribution in [1.82, 2.24) is 24.1 Å². The summed E-state index contributed by atoms with van der Waals surface area (Å²) in [4.78, 5) is 12.1. The summed E-state index contributed by atoms with van der Waals surface area (Å²) in [6.45, 7) is 1.99.